The van der Waals surface area contributed by atoms with Gasteiger partial charge in [0, 0.05) is 43.3 Å². The van der Waals surface area contributed by atoms with Crippen molar-refractivity contribution in [2.75, 3.05) is 41.7 Å². The minimum absolute atomic E-state index is 0.258. The van der Waals surface area contributed by atoms with E-state index in [-0.39, 0.29) is 6.03 Å². The minimum Gasteiger partial charge on any atom is -0.355 e. The van der Waals surface area contributed by atoms with Crippen molar-refractivity contribution >= 4 is 34.6 Å². The van der Waals surface area contributed by atoms with Crippen molar-refractivity contribution in [1.29, 1.82) is 0 Å². The van der Waals surface area contributed by atoms with E-state index in [0.29, 0.717) is 5.69 Å². The maximum atomic E-state index is 12.4. The van der Waals surface area contributed by atoms with Gasteiger partial charge in [-0.2, -0.15) is 0 Å². The van der Waals surface area contributed by atoms with Gasteiger partial charge in [-0.15, -0.1) is 11.3 Å². The van der Waals surface area contributed by atoms with Crippen LogP contribution in [0.2, 0.25) is 0 Å². The molecule has 0 atom stereocenters. The highest BCUT2D eigenvalue weighted by atomic mass is 32.1. The monoisotopic (exact) mass is 435 g/mol. The molecule has 1 fully saturated rings. The summed E-state index contributed by atoms with van der Waals surface area (Å²) in [5.41, 5.74) is 3.61. The summed E-state index contributed by atoms with van der Waals surface area (Å²) in [5, 5.41) is 7.96. The minimum atomic E-state index is -0.258. The second-order valence-corrected chi connectivity index (χ2v) is 8.98. The predicted molar refractivity (Wildman–Crippen MR) is 129 cm³/mol. The number of carbonyl (C=O) groups is 1. The summed E-state index contributed by atoms with van der Waals surface area (Å²) >= 11 is 1.82. The van der Waals surface area contributed by atoms with E-state index in [1.807, 2.05) is 55.5 Å². The topological polar surface area (TPSA) is 60.5 Å². The van der Waals surface area contributed by atoms with Gasteiger partial charge < -0.3 is 15.5 Å². The van der Waals surface area contributed by atoms with E-state index in [4.69, 9.17) is 0 Å². The lowest BCUT2D eigenvalue weighted by molar-refractivity contribution is 0.262. The van der Waals surface area contributed by atoms with Crippen LogP contribution in [-0.2, 0) is 6.54 Å². The number of urea groups is 1. The molecule has 0 unspecified atom stereocenters. The number of pyridine rings is 1. The van der Waals surface area contributed by atoms with Gasteiger partial charge in [0.15, 0.2) is 0 Å². The number of thiophene rings is 1. The number of hydrogen-bond donors (Lipinski definition) is 2. The number of benzene rings is 1. The van der Waals surface area contributed by atoms with Gasteiger partial charge in [-0.05, 0) is 55.0 Å². The molecular formula is C24H29N5OS. The number of nitrogens with zero attached hydrogens (tertiary/aromatic N) is 3. The Bertz CT molecular complexity index is 983. The van der Waals surface area contributed by atoms with E-state index in [0.717, 1.165) is 61.8 Å². The molecule has 7 heteroatoms. The summed E-state index contributed by atoms with van der Waals surface area (Å²) in [6.07, 6.45) is 2.85. The van der Waals surface area contributed by atoms with Crippen LogP contribution in [0.25, 0.3) is 0 Å². The predicted octanol–water partition coefficient (Wildman–Crippen LogP) is 5.12. The van der Waals surface area contributed by atoms with E-state index >= 15 is 0 Å². The van der Waals surface area contributed by atoms with Crippen LogP contribution in [0.5, 0.6) is 0 Å². The molecule has 1 saturated heterocycles. The molecule has 3 heterocycles. The van der Waals surface area contributed by atoms with Crippen molar-refractivity contribution in [2.45, 2.75) is 26.8 Å². The van der Waals surface area contributed by atoms with Gasteiger partial charge in [0.25, 0.3) is 0 Å². The maximum absolute atomic E-state index is 12.4. The lowest BCUT2D eigenvalue weighted by Gasteiger charge is -2.22. The van der Waals surface area contributed by atoms with Crippen LogP contribution in [0, 0.1) is 13.8 Å². The Morgan fingerprint density at radius 1 is 1.00 bits per heavy atom. The average Bonchev–Trinajstić information content (AvgIpc) is 3.16. The van der Waals surface area contributed by atoms with Crippen LogP contribution < -0.4 is 15.5 Å². The zero-order chi connectivity index (χ0) is 21.6. The number of nitrogens with one attached hydrogen (secondary N) is 2. The number of aryl methyl sites for hydroxylation is 2. The Morgan fingerprint density at radius 2 is 1.84 bits per heavy atom. The molecule has 2 amide bonds. The summed E-state index contributed by atoms with van der Waals surface area (Å²) in [6.45, 7) is 9.08. The van der Waals surface area contributed by atoms with Crippen molar-refractivity contribution in [2.24, 2.45) is 0 Å². The fourth-order valence-electron chi connectivity index (χ4n) is 3.92. The Morgan fingerprint density at radius 3 is 2.55 bits per heavy atom. The lowest BCUT2D eigenvalue weighted by Crippen LogP contribution is -2.30. The highest BCUT2D eigenvalue weighted by molar-refractivity contribution is 7.09. The largest absolute Gasteiger partial charge is 0.355 e. The Hall–Kier alpha value is -2.90. The van der Waals surface area contributed by atoms with E-state index in [2.05, 4.69) is 42.9 Å². The maximum Gasteiger partial charge on any atom is 0.323 e. The molecule has 2 N–H and O–H groups in total. The first kappa shape index (κ1) is 21.3. The van der Waals surface area contributed by atoms with Crippen LogP contribution >= 0.6 is 11.3 Å². The zero-order valence-electron chi connectivity index (χ0n) is 18.1. The lowest BCUT2D eigenvalue weighted by atomic mass is 10.1. The van der Waals surface area contributed by atoms with Gasteiger partial charge in [-0.3, -0.25) is 4.90 Å². The van der Waals surface area contributed by atoms with Gasteiger partial charge in [-0.1, -0.05) is 24.3 Å². The van der Waals surface area contributed by atoms with Crippen molar-refractivity contribution in [3.8, 4) is 0 Å². The van der Waals surface area contributed by atoms with Crippen molar-refractivity contribution < 1.29 is 4.79 Å². The standard InChI is InChI=1S/C24H29N5OS/c1-18-6-3-7-19(2)23(18)27-24(30)26-20-9-10-22(25-16-20)29-12-5-11-28(13-14-29)17-21-8-4-15-31-21/h3-4,6-10,15-16H,5,11-14,17H2,1-2H3,(H2,26,27,30). The van der Waals surface area contributed by atoms with E-state index < -0.39 is 0 Å². The number of para-hydroxylation sites is 1. The van der Waals surface area contributed by atoms with E-state index in [1.165, 1.54) is 4.88 Å². The number of aromatic nitrogens is 1. The van der Waals surface area contributed by atoms with Crippen molar-refractivity contribution in [3.63, 3.8) is 0 Å². The van der Waals surface area contributed by atoms with Gasteiger partial charge in [0.2, 0.25) is 0 Å². The normalized spacial score (nSPS) is 14.8. The quantitative estimate of drug-likeness (QED) is 0.584. The summed E-state index contributed by atoms with van der Waals surface area (Å²) in [6, 6.07) is 13.9. The molecule has 31 heavy (non-hydrogen) atoms. The molecule has 0 saturated carbocycles. The molecule has 0 radical (unpaired) electrons. The first-order valence-electron chi connectivity index (χ1n) is 10.7. The van der Waals surface area contributed by atoms with E-state index in [1.54, 1.807) is 6.20 Å². The summed E-state index contributed by atoms with van der Waals surface area (Å²) in [7, 11) is 0. The SMILES string of the molecule is Cc1cccc(C)c1NC(=O)Nc1ccc(N2CCCN(Cc3cccs3)CC2)nc1. The fourth-order valence-corrected chi connectivity index (χ4v) is 4.66. The molecule has 0 spiro atoms. The first-order valence-corrected chi connectivity index (χ1v) is 11.6. The van der Waals surface area contributed by atoms with Gasteiger partial charge in [-0.25, -0.2) is 9.78 Å². The molecular weight excluding hydrogens is 406 g/mol. The summed E-state index contributed by atoms with van der Waals surface area (Å²) < 4.78 is 0. The molecule has 1 aromatic carbocycles. The molecule has 0 aliphatic carbocycles. The van der Waals surface area contributed by atoms with Crippen LogP contribution in [0.15, 0.2) is 54.0 Å². The number of rotatable bonds is 5. The molecule has 3 aromatic rings. The molecule has 1 aliphatic heterocycles. The number of amides is 2. The summed E-state index contributed by atoms with van der Waals surface area (Å²) in [5.74, 6) is 0.957. The third kappa shape index (κ3) is 5.62. The molecule has 6 nitrogen and oxygen atoms in total. The second-order valence-electron chi connectivity index (χ2n) is 7.95. The molecule has 0 bridgehead atoms. The number of carbonyl (C=O) groups excluding carboxylic acids is 1. The highest BCUT2D eigenvalue weighted by Crippen LogP contribution is 2.21. The van der Waals surface area contributed by atoms with Gasteiger partial charge in [0.1, 0.15) is 5.82 Å². The average molecular weight is 436 g/mol. The third-order valence-electron chi connectivity index (χ3n) is 5.60. The van der Waals surface area contributed by atoms with Crippen LogP contribution in [0.3, 0.4) is 0 Å². The van der Waals surface area contributed by atoms with Crippen molar-refractivity contribution in [1.82, 2.24) is 9.88 Å². The Labute approximate surface area is 187 Å². The number of anilines is 3. The van der Waals surface area contributed by atoms with E-state index in [9.17, 15) is 4.79 Å². The Balaban J connectivity index is 1.32. The number of hydrogen-bond acceptors (Lipinski definition) is 5. The summed E-state index contributed by atoms with van der Waals surface area (Å²) in [4.78, 5) is 23.3. The van der Waals surface area contributed by atoms with Crippen LogP contribution in [-0.4, -0.2) is 42.1 Å². The molecule has 162 valence electrons. The van der Waals surface area contributed by atoms with Gasteiger partial charge in [0.05, 0.1) is 11.9 Å². The fraction of sp³-hybridized carbons (Fsp3) is 0.333. The smallest absolute Gasteiger partial charge is 0.323 e. The van der Waals surface area contributed by atoms with Crippen molar-refractivity contribution in [3.05, 3.63) is 70.0 Å². The van der Waals surface area contributed by atoms with Crippen LogP contribution in [0.1, 0.15) is 22.4 Å². The second kappa shape index (κ2) is 9.94. The molecule has 4 rings (SSSR count). The molecule has 2 aromatic heterocycles. The Kier molecular flexibility index (Phi) is 6.84. The third-order valence-corrected chi connectivity index (χ3v) is 6.46. The van der Waals surface area contributed by atoms with Crippen LogP contribution in [0.4, 0.5) is 22.0 Å². The zero-order valence-corrected chi connectivity index (χ0v) is 18.9. The van der Waals surface area contributed by atoms with Gasteiger partial charge >= 0.3 is 6.03 Å². The highest BCUT2D eigenvalue weighted by Gasteiger charge is 2.17. The molecule has 1 aliphatic rings. The first-order chi connectivity index (χ1) is 15.1.